The lowest BCUT2D eigenvalue weighted by Crippen LogP contribution is -2.39. The molecule has 0 radical (unpaired) electrons. The van der Waals surface area contributed by atoms with E-state index in [0.29, 0.717) is 13.2 Å². The van der Waals surface area contributed by atoms with E-state index < -0.39 is 0 Å². The summed E-state index contributed by atoms with van der Waals surface area (Å²) in [5.74, 6) is 1.01. The van der Waals surface area contributed by atoms with Crippen LogP contribution in [0.25, 0.3) is 0 Å². The molecule has 3 rings (SSSR count). The Morgan fingerprint density at radius 2 is 2.22 bits per heavy atom. The summed E-state index contributed by atoms with van der Waals surface area (Å²) >= 11 is 0. The molecule has 3 heterocycles. The summed E-state index contributed by atoms with van der Waals surface area (Å²) in [6.45, 7) is 2.21. The van der Waals surface area contributed by atoms with Gasteiger partial charge in [-0.15, -0.1) is 0 Å². The van der Waals surface area contributed by atoms with E-state index in [1.807, 2.05) is 36.3 Å². The van der Waals surface area contributed by atoms with Gasteiger partial charge in [0.25, 0.3) is 0 Å². The van der Waals surface area contributed by atoms with E-state index in [2.05, 4.69) is 27.2 Å². The van der Waals surface area contributed by atoms with Crippen LogP contribution in [0.2, 0.25) is 0 Å². The highest BCUT2D eigenvalue weighted by molar-refractivity contribution is 5.42. The maximum Gasteiger partial charge on any atom is 0.128 e. The van der Waals surface area contributed by atoms with Crippen molar-refractivity contribution < 1.29 is 9.47 Å². The molecule has 124 valence electrons. The highest BCUT2D eigenvalue weighted by atomic mass is 16.5. The van der Waals surface area contributed by atoms with Crippen molar-refractivity contribution in [1.82, 2.24) is 14.8 Å². The van der Waals surface area contributed by atoms with Crippen LogP contribution < -0.4 is 4.90 Å². The molecule has 0 amide bonds. The van der Waals surface area contributed by atoms with Crippen LogP contribution in [0, 0.1) is 0 Å². The molecule has 0 bridgehead atoms. The first-order valence-electron chi connectivity index (χ1n) is 8.03. The van der Waals surface area contributed by atoms with Crippen molar-refractivity contribution in [3.05, 3.63) is 42.4 Å². The summed E-state index contributed by atoms with van der Waals surface area (Å²) in [5.41, 5.74) is 1.22. The van der Waals surface area contributed by atoms with Crippen molar-refractivity contribution in [3.63, 3.8) is 0 Å². The first-order chi connectivity index (χ1) is 11.3. The van der Waals surface area contributed by atoms with Gasteiger partial charge in [0.1, 0.15) is 5.82 Å². The Hall–Kier alpha value is -1.92. The number of pyridine rings is 1. The maximum atomic E-state index is 6.07. The van der Waals surface area contributed by atoms with Gasteiger partial charge in [-0.2, -0.15) is 5.10 Å². The normalized spacial score (nSPS) is 21.0. The minimum absolute atomic E-state index is 0.187. The van der Waals surface area contributed by atoms with Crippen LogP contribution in [0.15, 0.2) is 36.8 Å². The molecule has 1 aliphatic rings. The number of anilines is 1. The van der Waals surface area contributed by atoms with E-state index in [4.69, 9.17) is 9.47 Å². The zero-order chi connectivity index (χ0) is 16.1. The van der Waals surface area contributed by atoms with Crippen LogP contribution in [0.3, 0.4) is 0 Å². The molecular formula is C17H24N4O2. The summed E-state index contributed by atoms with van der Waals surface area (Å²) < 4.78 is 13.0. The second-order valence-electron chi connectivity index (χ2n) is 5.87. The highest BCUT2D eigenvalue weighted by Crippen LogP contribution is 2.28. The number of aromatic nitrogens is 3. The summed E-state index contributed by atoms with van der Waals surface area (Å²) in [6.07, 6.45) is 7.94. The van der Waals surface area contributed by atoms with Crippen molar-refractivity contribution in [2.75, 3.05) is 31.8 Å². The van der Waals surface area contributed by atoms with E-state index in [1.54, 1.807) is 7.11 Å². The number of aryl methyl sites for hydroxylation is 1. The highest BCUT2D eigenvalue weighted by Gasteiger charge is 2.35. The average Bonchev–Trinajstić information content (AvgIpc) is 3.16. The number of hydrogen-bond donors (Lipinski definition) is 0. The van der Waals surface area contributed by atoms with Gasteiger partial charge in [-0.25, -0.2) is 4.98 Å². The van der Waals surface area contributed by atoms with Gasteiger partial charge in [-0.3, -0.25) is 4.68 Å². The first-order valence-corrected chi connectivity index (χ1v) is 8.03. The summed E-state index contributed by atoms with van der Waals surface area (Å²) in [6, 6.07) is 6.31. The Kier molecular flexibility index (Phi) is 5.25. The Labute approximate surface area is 137 Å². The molecule has 0 spiro atoms. The van der Waals surface area contributed by atoms with Crippen molar-refractivity contribution in [3.8, 4) is 0 Å². The van der Waals surface area contributed by atoms with E-state index >= 15 is 0 Å². The van der Waals surface area contributed by atoms with Crippen LogP contribution in [0.1, 0.15) is 12.0 Å². The van der Waals surface area contributed by atoms with Gasteiger partial charge in [-0.1, -0.05) is 6.07 Å². The Morgan fingerprint density at radius 1 is 1.30 bits per heavy atom. The molecule has 1 saturated heterocycles. The Balaban J connectivity index is 1.75. The molecule has 0 aromatic carbocycles. The zero-order valence-corrected chi connectivity index (χ0v) is 13.8. The number of ether oxygens (including phenoxy) is 2. The fourth-order valence-electron chi connectivity index (χ4n) is 3.17. The quantitative estimate of drug-likeness (QED) is 0.727. The molecule has 0 aliphatic carbocycles. The molecule has 6 heteroatoms. The first kappa shape index (κ1) is 16.0. The molecule has 6 nitrogen and oxygen atoms in total. The minimum atomic E-state index is 0.187. The van der Waals surface area contributed by atoms with Crippen molar-refractivity contribution in [2.24, 2.45) is 7.05 Å². The fourth-order valence-corrected chi connectivity index (χ4v) is 3.17. The van der Waals surface area contributed by atoms with E-state index in [0.717, 1.165) is 25.2 Å². The van der Waals surface area contributed by atoms with Gasteiger partial charge in [0.15, 0.2) is 0 Å². The van der Waals surface area contributed by atoms with Crippen molar-refractivity contribution in [2.45, 2.75) is 25.0 Å². The van der Waals surface area contributed by atoms with Gasteiger partial charge < -0.3 is 14.4 Å². The second kappa shape index (κ2) is 7.57. The van der Waals surface area contributed by atoms with Gasteiger partial charge in [-0.05, 0) is 30.5 Å². The van der Waals surface area contributed by atoms with Gasteiger partial charge in [0, 0.05) is 33.1 Å². The van der Waals surface area contributed by atoms with Crippen molar-refractivity contribution in [1.29, 1.82) is 0 Å². The summed E-state index contributed by atoms with van der Waals surface area (Å²) in [4.78, 5) is 6.87. The standard InChI is InChI=1S/C17H24N4O2/c1-20-13-14(12-19-20)11-15-16(23-10-9-22-2)6-8-21(15)17-5-3-4-7-18-17/h3-5,7,12-13,15-16H,6,8-11H2,1-2H3/t15-,16-/m0/s1. The lowest BCUT2D eigenvalue weighted by atomic mass is 10.0. The Bertz CT molecular complexity index is 602. The third-order valence-corrected chi connectivity index (χ3v) is 4.25. The number of nitrogens with zero attached hydrogens (tertiary/aromatic N) is 4. The molecule has 2 atom stereocenters. The SMILES string of the molecule is COCCO[C@H]1CCN(c2ccccn2)[C@H]1Cc1cnn(C)c1. The van der Waals surface area contributed by atoms with E-state index in [-0.39, 0.29) is 12.1 Å². The summed E-state index contributed by atoms with van der Waals surface area (Å²) in [7, 11) is 3.65. The van der Waals surface area contributed by atoms with Gasteiger partial charge in [0.05, 0.1) is 31.6 Å². The van der Waals surface area contributed by atoms with Crippen LogP contribution in [-0.4, -0.2) is 53.8 Å². The van der Waals surface area contributed by atoms with Crippen LogP contribution >= 0.6 is 0 Å². The largest absolute Gasteiger partial charge is 0.382 e. The van der Waals surface area contributed by atoms with Crippen LogP contribution in [-0.2, 0) is 22.9 Å². The molecule has 1 fully saturated rings. The second-order valence-corrected chi connectivity index (χ2v) is 5.87. The topological polar surface area (TPSA) is 52.4 Å². The zero-order valence-electron chi connectivity index (χ0n) is 13.8. The number of hydrogen-bond acceptors (Lipinski definition) is 5. The smallest absolute Gasteiger partial charge is 0.128 e. The lowest BCUT2D eigenvalue weighted by molar-refractivity contribution is 0.0137. The van der Waals surface area contributed by atoms with E-state index in [9.17, 15) is 0 Å². The third kappa shape index (κ3) is 3.89. The fraction of sp³-hybridized carbons (Fsp3) is 0.529. The monoisotopic (exact) mass is 316 g/mol. The van der Waals surface area contributed by atoms with Gasteiger partial charge >= 0.3 is 0 Å². The molecule has 0 N–H and O–H groups in total. The molecule has 2 aromatic heterocycles. The summed E-state index contributed by atoms with van der Waals surface area (Å²) in [5, 5.41) is 4.28. The predicted octanol–water partition coefficient (Wildman–Crippen LogP) is 1.67. The average molecular weight is 316 g/mol. The molecule has 2 aromatic rings. The minimum Gasteiger partial charge on any atom is -0.382 e. The Morgan fingerprint density at radius 3 is 2.91 bits per heavy atom. The third-order valence-electron chi connectivity index (χ3n) is 4.25. The lowest BCUT2D eigenvalue weighted by Gasteiger charge is -2.28. The number of methoxy groups -OCH3 is 1. The molecule has 0 unspecified atom stereocenters. The maximum absolute atomic E-state index is 6.07. The molecule has 23 heavy (non-hydrogen) atoms. The molecule has 1 aliphatic heterocycles. The molecular weight excluding hydrogens is 292 g/mol. The predicted molar refractivity (Wildman–Crippen MR) is 88.5 cm³/mol. The number of rotatable bonds is 7. The van der Waals surface area contributed by atoms with E-state index in [1.165, 1.54) is 5.56 Å². The molecule has 0 saturated carbocycles. The van der Waals surface area contributed by atoms with Crippen LogP contribution in [0.4, 0.5) is 5.82 Å². The van der Waals surface area contributed by atoms with Gasteiger partial charge in [0.2, 0.25) is 0 Å². The van der Waals surface area contributed by atoms with Crippen LogP contribution in [0.5, 0.6) is 0 Å². The van der Waals surface area contributed by atoms with Crippen molar-refractivity contribution >= 4 is 5.82 Å².